The Hall–Kier alpha value is -2.59. The number of aromatic nitrogens is 2. The summed E-state index contributed by atoms with van der Waals surface area (Å²) in [6.07, 6.45) is 9.34. The molecule has 0 atom stereocenters. The molecule has 0 aliphatic heterocycles. The van der Waals surface area contributed by atoms with Crippen molar-refractivity contribution in [3.8, 4) is 0 Å². The average molecular weight is 352 g/mol. The van der Waals surface area contributed by atoms with E-state index in [9.17, 15) is 4.79 Å². The zero-order valence-corrected chi connectivity index (χ0v) is 14.4. The van der Waals surface area contributed by atoms with Crippen molar-refractivity contribution in [2.24, 2.45) is 0 Å². The molecule has 0 bridgehead atoms. The molecule has 1 aliphatic rings. The second kappa shape index (κ2) is 6.73. The number of amides is 1. The Morgan fingerprint density at radius 3 is 2.84 bits per heavy atom. The van der Waals surface area contributed by atoms with Crippen LogP contribution in [0.4, 0.5) is 0 Å². The third-order valence-electron chi connectivity index (χ3n) is 4.41. The van der Waals surface area contributed by atoms with Gasteiger partial charge in [-0.2, -0.15) is 0 Å². The number of carbonyl (C=O) groups is 1. The Morgan fingerprint density at radius 1 is 1.24 bits per heavy atom. The zero-order valence-electron chi connectivity index (χ0n) is 13.7. The van der Waals surface area contributed by atoms with E-state index in [2.05, 4.69) is 4.98 Å². The molecule has 1 amide bonds. The van der Waals surface area contributed by atoms with Crippen molar-refractivity contribution in [2.45, 2.75) is 25.4 Å². The maximum Gasteiger partial charge on any atom is 0.247 e. The largest absolute Gasteiger partial charge is 0.330 e. The third-order valence-corrected chi connectivity index (χ3v) is 4.75. The molecule has 2 aromatic heterocycles. The highest BCUT2D eigenvalue weighted by molar-refractivity contribution is 6.32. The number of carbonyl (C=O) groups excluding carboxylic acids is 1. The number of fused-ring (bicyclic) bond motifs is 1. The summed E-state index contributed by atoms with van der Waals surface area (Å²) >= 11 is 6.15. The van der Waals surface area contributed by atoms with Gasteiger partial charge in [0, 0.05) is 23.3 Å². The Balaban J connectivity index is 1.55. The highest BCUT2D eigenvalue weighted by Gasteiger charge is 2.32. The first-order valence-electron chi connectivity index (χ1n) is 8.36. The van der Waals surface area contributed by atoms with Crippen LogP contribution in [0.15, 0.2) is 60.9 Å². The standard InChI is InChI=1S/C20H18ClN3O/c21-18-6-2-1-5-15(18)8-11-20(25)24(16-9-10-16)14-17-13-22-19-7-3-4-12-23(17)19/h1-8,11-13,16H,9-10,14H2/b11-8+. The predicted octanol–water partition coefficient (Wildman–Crippen LogP) is 4.19. The van der Waals surface area contributed by atoms with Crippen LogP contribution in [0.3, 0.4) is 0 Å². The van der Waals surface area contributed by atoms with Gasteiger partial charge < -0.3 is 9.30 Å². The highest BCUT2D eigenvalue weighted by atomic mass is 35.5. The highest BCUT2D eigenvalue weighted by Crippen LogP contribution is 2.29. The van der Waals surface area contributed by atoms with Crippen LogP contribution >= 0.6 is 11.6 Å². The second-order valence-electron chi connectivity index (χ2n) is 6.23. The van der Waals surface area contributed by atoms with Gasteiger partial charge in [0.2, 0.25) is 5.91 Å². The van der Waals surface area contributed by atoms with Crippen molar-refractivity contribution in [3.05, 3.63) is 77.2 Å². The normalized spacial score (nSPS) is 14.3. The van der Waals surface area contributed by atoms with Crippen LogP contribution in [0, 0.1) is 0 Å². The van der Waals surface area contributed by atoms with Crippen molar-refractivity contribution in [1.29, 1.82) is 0 Å². The molecule has 0 N–H and O–H groups in total. The lowest BCUT2D eigenvalue weighted by molar-refractivity contribution is -0.127. The molecular formula is C20H18ClN3O. The molecule has 4 rings (SSSR count). The summed E-state index contributed by atoms with van der Waals surface area (Å²) in [6.45, 7) is 0.557. The summed E-state index contributed by atoms with van der Waals surface area (Å²) in [6, 6.07) is 13.7. The van der Waals surface area contributed by atoms with Gasteiger partial charge in [-0.15, -0.1) is 0 Å². The molecule has 126 valence electrons. The molecule has 3 aromatic rings. The maximum absolute atomic E-state index is 12.7. The quantitative estimate of drug-likeness (QED) is 0.646. The van der Waals surface area contributed by atoms with Gasteiger partial charge in [-0.05, 0) is 42.7 Å². The number of rotatable bonds is 5. The van der Waals surface area contributed by atoms with Crippen molar-refractivity contribution < 1.29 is 4.79 Å². The van der Waals surface area contributed by atoms with Gasteiger partial charge in [-0.3, -0.25) is 4.79 Å². The monoisotopic (exact) mass is 351 g/mol. The lowest BCUT2D eigenvalue weighted by atomic mass is 10.2. The summed E-state index contributed by atoms with van der Waals surface area (Å²) in [5.74, 6) is 0.00769. The molecule has 0 unspecified atom stereocenters. The molecule has 0 spiro atoms. The van der Waals surface area contributed by atoms with E-state index >= 15 is 0 Å². The van der Waals surface area contributed by atoms with Gasteiger partial charge in [-0.25, -0.2) is 4.98 Å². The number of halogens is 1. The topological polar surface area (TPSA) is 37.6 Å². The first kappa shape index (κ1) is 15.9. The lowest BCUT2D eigenvalue weighted by Crippen LogP contribution is -2.31. The fourth-order valence-electron chi connectivity index (χ4n) is 2.92. The van der Waals surface area contributed by atoms with Crippen molar-refractivity contribution >= 4 is 29.2 Å². The Morgan fingerprint density at radius 2 is 2.04 bits per heavy atom. The summed E-state index contributed by atoms with van der Waals surface area (Å²) in [7, 11) is 0. The molecule has 2 heterocycles. The number of pyridine rings is 1. The molecule has 0 radical (unpaired) electrons. The van der Waals surface area contributed by atoms with Crippen molar-refractivity contribution in [1.82, 2.24) is 14.3 Å². The Labute approximate surface area is 151 Å². The fraction of sp³-hybridized carbons (Fsp3) is 0.200. The van der Waals surface area contributed by atoms with E-state index in [-0.39, 0.29) is 5.91 Å². The number of hydrogen-bond acceptors (Lipinski definition) is 2. The first-order valence-corrected chi connectivity index (χ1v) is 8.74. The van der Waals surface area contributed by atoms with E-state index in [1.165, 1.54) is 0 Å². The van der Waals surface area contributed by atoms with Crippen LogP contribution in [-0.4, -0.2) is 26.2 Å². The van der Waals surface area contributed by atoms with Crippen LogP contribution in [0.5, 0.6) is 0 Å². The van der Waals surface area contributed by atoms with E-state index in [1.807, 2.05) is 64.2 Å². The third kappa shape index (κ3) is 3.44. The summed E-state index contributed by atoms with van der Waals surface area (Å²) in [4.78, 5) is 19.1. The molecule has 1 aliphatic carbocycles. The minimum absolute atomic E-state index is 0.00769. The van der Waals surface area contributed by atoms with Crippen LogP contribution in [-0.2, 0) is 11.3 Å². The van der Waals surface area contributed by atoms with Crippen LogP contribution in [0.1, 0.15) is 24.1 Å². The number of nitrogens with zero attached hydrogens (tertiary/aromatic N) is 3. The van der Waals surface area contributed by atoms with Crippen LogP contribution in [0.25, 0.3) is 11.7 Å². The molecule has 0 saturated heterocycles. The minimum Gasteiger partial charge on any atom is -0.330 e. The SMILES string of the molecule is O=C(/C=C/c1ccccc1Cl)N(Cc1cnc2ccccn12)C1CC1. The minimum atomic E-state index is 0.00769. The molecule has 1 aromatic carbocycles. The van der Waals surface area contributed by atoms with Crippen molar-refractivity contribution in [2.75, 3.05) is 0 Å². The number of imidazole rings is 1. The van der Waals surface area contributed by atoms with Gasteiger partial charge in [0.15, 0.2) is 0 Å². The van der Waals surface area contributed by atoms with Gasteiger partial charge in [0.25, 0.3) is 0 Å². The van der Waals surface area contributed by atoms with Gasteiger partial charge in [-0.1, -0.05) is 35.9 Å². The van der Waals surface area contributed by atoms with Gasteiger partial charge >= 0.3 is 0 Å². The molecule has 5 heteroatoms. The van der Waals surface area contributed by atoms with E-state index in [0.29, 0.717) is 17.6 Å². The number of hydrogen-bond donors (Lipinski definition) is 0. The van der Waals surface area contributed by atoms with Gasteiger partial charge in [0.05, 0.1) is 18.4 Å². The van der Waals surface area contributed by atoms with Crippen LogP contribution in [0.2, 0.25) is 5.02 Å². The molecule has 1 saturated carbocycles. The predicted molar refractivity (Wildman–Crippen MR) is 99.3 cm³/mol. The van der Waals surface area contributed by atoms with E-state index < -0.39 is 0 Å². The summed E-state index contributed by atoms with van der Waals surface area (Å²) in [5, 5.41) is 0.645. The number of benzene rings is 1. The molecular weight excluding hydrogens is 334 g/mol. The van der Waals surface area contributed by atoms with E-state index in [1.54, 1.807) is 12.2 Å². The summed E-state index contributed by atoms with van der Waals surface area (Å²) in [5.41, 5.74) is 2.76. The Bertz CT molecular complexity index is 943. The molecule has 4 nitrogen and oxygen atoms in total. The van der Waals surface area contributed by atoms with E-state index in [0.717, 1.165) is 29.7 Å². The first-order chi connectivity index (χ1) is 12.2. The second-order valence-corrected chi connectivity index (χ2v) is 6.64. The van der Waals surface area contributed by atoms with Crippen molar-refractivity contribution in [3.63, 3.8) is 0 Å². The molecule has 25 heavy (non-hydrogen) atoms. The van der Waals surface area contributed by atoms with Crippen LogP contribution < -0.4 is 0 Å². The van der Waals surface area contributed by atoms with Gasteiger partial charge in [0.1, 0.15) is 5.65 Å². The smallest absolute Gasteiger partial charge is 0.247 e. The molecule has 1 fully saturated rings. The Kier molecular flexibility index (Phi) is 4.28. The fourth-order valence-corrected chi connectivity index (χ4v) is 3.12. The summed E-state index contributed by atoms with van der Waals surface area (Å²) < 4.78 is 2.03. The maximum atomic E-state index is 12.7. The lowest BCUT2D eigenvalue weighted by Gasteiger charge is -2.20. The average Bonchev–Trinajstić information content (AvgIpc) is 3.39. The van der Waals surface area contributed by atoms with E-state index in [4.69, 9.17) is 11.6 Å². The zero-order chi connectivity index (χ0) is 17.2.